The molecule has 0 bridgehead atoms. The van der Waals surface area contributed by atoms with Crippen LogP contribution in [0.3, 0.4) is 0 Å². The Morgan fingerprint density at radius 3 is 2.84 bits per heavy atom. The molecule has 1 fully saturated rings. The SMILES string of the molecule is Cc1c(Cl)c2c3c(nc(=O)n(I)c3c1F)N1C(C)CN(C)CC1CS2. The van der Waals surface area contributed by atoms with E-state index in [4.69, 9.17) is 11.6 Å². The lowest BCUT2D eigenvalue weighted by Gasteiger charge is -2.44. The number of likely N-dealkylation sites (N-methyl/N-ethyl adjacent to an activating group) is 1. The molecule has 5 nitrogen and oxygen atoms in total. The maximum Gasteiger partial charge on any atom is 0.359 e. The minimum absolute atomic E-state index is 0.179. The molecule has 4 rings (SSSR count). The zero-order chi connectivity index (χ0) is 18.0. The summed E-state index contributed by atoms with van der Waals surface area (Å²) >= 11 is 9.96. The van der Waals surface area contributed by atoms with E-state index < -0.39 is 11.5 Å². The first-order chi connectivity index (χ1) is 11.8. The monoisotopic (exact) mass is 494 g/mol. The maximum atomic E-state index is 15.0. The second-order valence-corrected chi connectivity index (χ2v) is 9.12. The number of benzene rings is 1. The van der Waals surface area contributed by atoms with Crippen LogP contribution in [0.4, 0.5) is 10.2 Å². The number of aromatic nitrogens is 2. The first-order valence-corrected chi connectivity index (χ1v) is 10.3. The topological polar surface area (TPSA) is 41.4 Å². The largest absolute Gasteiger partial charge is 0.359 e. The van der Waals surface area contributed by atoms with Crippen LogP contribution >= 0.6 is 46.2 Å². The molecule has 0 N–H and O–H groups in total. The average Bonchev–Trinajstić information content (AvgIpc) is 2.70. The highest BCUT2D eigenvalue weighted by Crippen LogP contribution is 2.46. The number of hydrogen-bond acceptors (Lipinski definition) is 5. The van der Waals surface area contributed by atoms with E-state index in [1.54, 1.807) is 18.7 Å². The van der Waals surface area contributed by atoms with Crippen LogP contribution in [0.2, 0.25) is 5.02 Å². The Morgan fingerprint density at radius 2 is 2.12 bits per heavy atom. The molecule has 134 valence electrons. The number of anilines is 1. The fourth-order valence-electron chi connectivity index (χ4n) is 3.89. The number of halogens is 3. The zero-order valence-electron chi connectivity index (χ0n) is 14.0. The summed E-state index contributed by atoms with van der Waals surface area (Å²) in [5.74, 6) is 0.944. The lowest BCUT2D eigenvalue weighted by molar-refractivity contribution is 0.241. The van der Waals surface area contributed by atoms with Crippen molar-refractivity contribution in [2.75, 3.05) is 30.8 Å². The van der Waals surface area contributed by atoms with Crippen molar-refractivity contribution in [1.82, 2.24) is 12.7 Å². The summed E-state index contributed by atoms with van der Waals surface area (Å²) in [5, 5.41) is 1.08. The Balaban J connectivity index is 2.13. The van der Waals surface area contributed by atoms with Crippen LogP contribution in [-0.4, -0.2) is 50.6 Å². The smallest absolute Gasteiger partial charge is 0.347 e. The molecule has 2 aromatic rings. The number of thioether (sulfide) groups is 1. The van der Waals surface area contributed by atoms with Crippen LogP contribution in [0.1, 0.15) is 12.5 Å². The van der Waals surface area contributed by atoms with Gasteiger partial charge >= 0.3 is 5.69 Å². The molecular weight excluding hydrogens is 478 g/mol. The van der Waals surface area contributed by atoms with Gasteiger partial charge in [-0.1, -0.05) is 11.6 Å². The van der Waals surface area contributed by atoms with Gasteiger partial charge in [0.15, 0.2) is 5.82 Å². The van der Waals surface area contributed by atoms with Crippen LogP contribution < -0.4 is 10.6 Å². The molecule has 1 aromatic carbocycles. The Morgan fingerprint density at radius 1 is 1.40 bits per heavy atom. The molecule has 0 radical (unpaired) electrons. The van der Waals surface area contributed by atoms with E-state index in [-0.39, 0.29) is 17.6 Å². The molecule has 9 heteroatoms. The van der Waals surface area contributed by atoms with E-state index in [0.717, 1.165) is 23.7 Å². The molecule has 0 saturated carbocycles. The molecule has 2 aliphatic heterocycles. The summed E-state index contributed by atoms with van der Waals surface area (Å²) in [4.78, 5) is 22.1. The molecular formula is C16H17ClFIN4OS. The third-order valence-corrected chi connectivity index (χ3v) is 7.68. The quantitative estimate of drug-likeness (QED) is 0.526. The minimum atomic E-state index is -0.452. The van der Waals surface area contributed by atoms with Crippen LogP contribution in [0.25, 0.3) is 10.9 Å². The molecule has 2 aliphatic rings. The fourth-order valence-corrected chi connectivity index (χ4v) is 6.03. The summed E-state index contributed by atoms with van der Waals surface area (Å²) in [6.45, 7) is 5.52. The predicted molar refractivity (Wildman–Crippen MR) is 109 cm³/mol. The van der Waals surface area contributed by atoms with Crippen LogP contribution in [0, 0.1) is 12.7 Å². The third kappa shape index (κ3) is 2.59. The second-order valence-electron chi connectivity index (χ2n) is 6.75. The summed E-state index contributed by atoms with van der Waals surface area (Å²) in [5.41, 5.74) is 0.210. The van der Waals surface area contributed by atoms with Crippen molar-refractivity contribution >= 4 is 62.9 Å². The van der Waals surface area contributed by atoms with Gasteiger partial charge < -0.3 is 9.80 Å². The van der Waals surface area contributed by atoms with Crippen molar-refractivity contribution < 1.29 is 4.39 Å². The van der Waals surface area contributed by atoms with Crippen molar-refractivity contribution in [3.63, 3.8) is 0 Å². The van der Waals surface area contributed by atoms with E-state index in [1.807, 2.05) is 22.9 Å². The van der Waals surface area contributed by atoms with Gasteiger partial charge in [0.1, 0.15) is 11.3 Å². The predicted octanol–water partition coefficient (Wildman–Crippen LogP) is 3.31. The van der Waals surface area contributed by atoms with E-state index in [9.17, 15) is 4.79 Å². The maximum absolute atomic E-state index is 15.0. The Bertz CT molecular complexity index is 952. The summed E-state index contributed by atoms with van der Waals surface area (Å²) < 4.78 is 16.3. The van der Waals surface area contributed by atoms with Gasteiger partial charge in [0.25, 0.3) is 0 Å². The number of hydrogen-bond donors (Lipinski definition) is 0. The van der Waals surface area contributed by atoms with Crippen molar-refractivity contribution in [2.24, 2.45) is 0 Å². The van der Waals surface area contributed by atoms with Gasteiger partial charge in [-0.25, -0.2) is 12.0 Å². The highest BCUT2D eigenvalue weighted by molar-refractivity contribution is 14.1. The van der Waals surface area contributed by atoms with Gasteiger partial charge in [-0.3, -0.25) is 0 Å². The van der Waals surface area contributed by atoms with Crippen LogP contribution in [0.5, 0.6) is 0 Å². The highest BCUT2D eigenvalue weighted by Gasteiger charge is 2.37. The molecule has 3 heterocycles. The van der Waals surface area contributed by atoms with Gasteiger partial charge in [0, 0.05) is 35.3 Å². The van der Waals surface area contributed by atoms with Crippen molar-refractivity contribution in [1.29, 1.82) is 0 Å². The normalized spacial score (nSPS) is 23.7. The minimum Gasteiger partial charge on any atom is -0.347 e. The molecule has 1 aromatic heterocycles. The highest BCUT2D eigenvalue weighted by atomic mass is 127. The lowest BCUT2D eigenvalue weighted by Crippen LogP contribution is -2.58. The van der Waals surface area contributed by atoms with Gasteiger partial charge in [-0.15, -0.1) is 11.8 Å². The van der Waals surface area contributed by atoms with Crippen LogP contribution in [-0.2, 0) is 0 Å². The first-order valence-electron chi connectivity index (χ1n) is 8.01. The third-order valence-electron chi connectivity index (χ3n) is 4.95. The van der Waals surface area contributed by atoms with Gasteiger partial charge in [-0.2, -0.15) is 4.98 Å². The average molecular weight is 495 g/mol. The van der Waals surface area contributed by atoms with Gasteiger partial charge in [0.05, 0.1) is 39.3 Å². The van der Waals surface area contributed by atoms with Crippen molar-refractivity contribution in [3.8, 4) is 0 Å². The van der Waals surface area contributed by atoms with Crippen LogP contribution in [0.15, 0.2) is 9.69 Å². The zero-order valence-corrected chi connectivity index (χ0v) is 17.7. The first kappa shape index (κ1) is 17.8. The Kier molecular flexibility index (Phi) is 4.45. The molecule has 0 aliphatic carbocycles. The molecule has 2 atom stereocenters. The van der Waals surface area contributed by atoms with Crippen molar-refractivity contribution in [3.05, 3.63) is 26.9 Å². The van der Waals surface area contributed by atoms with E-state index >= 15 is 4.39 Å². The van der Waals surface area contributed by atoms with Gasteiger partial charge in [0.2, 0.25) is 0 Å². The molecule has 2 unspecified atom stereocenters. The Hall–Kier alpha value is -0.580. The number of fused-ring (bicyclic) bond motifs is 2. The summed E-state index contributed by atoms with van der Waals surface area (Å²) in [7, 11) is 2.10. The second kappa shape index (κ2) is 6.24. The number of nitrogens with zero attached hydrogens (tertiary/aromatic N) is 4. The molecule has 25 heavy (non-hydrogen) atoms. The summed E-state index contributed by atoms with van der Waals surface area (Å²) in [6.07, 6.45) is 0. The lowest BCUT2D eigenvalue weighted by atomic mass is 10.1. The number of piperazine rings is 1. The molecule has 1 saturated heterocycles. The van der Waals surface area contributed by atoms with Crippen molar-refractivity contribution in [2.45, 2.75) is 30.8 Å². The fraction of sp³-hybridized carbons (Fsp3) is 0.500. The van der Waals surface area contributed by atoms with E-state index in [1.165, 1.54) is 2.78 Å². The number of rotatable bonds is 0. The molecule has 0 amide bonds. The summed E-state index contributed by atoms with van der Waals surface area (Å²) in [6, 6.07) is 0.379. The van der Waals surface area contributed by atoms with Gasteiger partial charge in [-0.05, 0) is 20.9 Å². The standard InChI is InChI=1S/C16H17ClFIN4OS/c1-7-4-21(3)5-9-6-25-14-10-13(12(18)8(2)11(14)17)23(19)16(24)20-15(10)22(7)9/h7,9H,4-6H2,1-3H3. The molecule has 0 spiro atoms. The van der Waals surface area contributed by atoms with E-state index in [2.05, 4.69) is 28.8 Å². The Labute approximate surface area is 168 Å². The van der Waals surface area contributed by atoms with E-state index in [0.29, 0.717) is 21.8 Å².